The van der Waals surface area contributed by atoms with E-state index in [1.54, 1.807) is 0 Å². The van der Waals surface area contributed by atoms with E-state index in [9.17, 15) is 18.3 Å². The van der Waals surface area contributed by atoms with Gasteiger partial charge in [0.25, 0.3) is 0 Å². The molecule has 1 aromatic carbocycles. The van der Waals surface area contributed by atoms with Crippen LogP contribution in [0.15, 0.2) is 28.9 Å². The normalized spacial score (nSPS) is 11.8. The topological polar surface area (TPSA) is 46.3 Å². The molecule has 1 N–H and O–H groups in total. The van der Waals surface area contributed by atoms with E-state index in [0.717, 1.165) is 6.26 Å². The van der Waals surface area contributed by atoms with Crippen molar-refractivity contribution in [1.82, 2.24) is 4.98 Å². The quantitative estimate of drug-likeness (QED) is 0.853. The van der Waals surface area contributed by atoms with Crippen molar-refractivity contribution in [2.24, 2.45) is 0 Å². The lowest BCUT2D eigenvalue weighted by Gasteiger charge is -2.00. The highest BCUT2D eigenvalue weighted by Gasteiger charge is 2.37. The zero-order chi connectivity index (χ0) is 12.6. The van der Waals surface area contributed by atoms with Crippen LogP contribution in [0, 0.1) is 0 Å². The van der Waals surface area contributed by atoms with Gasteiger partial charge in [0.15, 0.2) is 0 Å². The second-order valence-electron chi connectivity index (χ2n) is 3.20. The molecule has 90 valence electrons. The molecule has 17 heavy (non-hydrogen) atoms. The molecule has 2 aromatic rings. The first-order valence-corrected chi connectivity index (χ1v) is 4.77. The molecule has 1 heterocycles. The number of oxazole rings is 1. The Morgan fingerprint density at radius 2 is 2.00 bits per heavy atom. The molecular weight excluding hydrogens is 259 g/mol. The molecule has 1 aromatic heterocycles. The summed E-state index contributed by atoms with van der Waals surface area (Å²) < 4.78 is 41.0. The summed E-state index contributed by atoms with van der Waals surface area (Å²) >= 11 is 5.57. The number of aromatic nitrogens is 1. The smallest absolute Gasteiger partial charge is 0.468 e. The fourth-order valence-corrected chi connectivity index (χ4v) is 1.33. The molecule has 0 aliphatic carbocycles. The average molecular weight is 264 g/mol. The predicted octanol–water partition coefficient (Wildman–Crippen LogP) is 3.72. The lowest BCUT2D eigenvalue weighted by atomic mass is 10.1. The Balaban J connectivity index is 2.40. The van der Waals surface area contributed by atoms with Crippen molar-refractivity contribution < 1.29 is 22.7 Å². The number of halogens is 4. The SMILES string of the molecule is Oc1cc(-c2coc(C(F)(F)F)n2)ccc1Cl. The van der Waals surface area contributed by atoms with Gasteiger partial charge in [-0.15, -0.1) is 0 Å². The van der Waals surface area contributed by atoms with E-state index in [1.165, 1.54) is 18.2 Å². The van der Waals surface area contributed by atoms with Gasteiger partial charge < -0.3 is 9.52 Å². The highest BCUT2D eigenvalue weighted by Crippen LogP contribution is 2.33. The van der Waals surface area contributed by atoms with E-state index in [-0.39, 0.29) is 22.0 Å². The summed E-state index contributed by atoms with van der Waals surface area (Å²) in [6.07, 6.45) is -3.77. The van der Waals surface area contributed by atoms with Crippen LogP contribution in [0.2, 0.25) is 5.02 Å². The molecular formula is C10H5ClF3NO2. The summed E-state index contributed by atoms with van der Waals surface area (Å²) in [5, 5.41) is 9.42. The Kier molecular flexibility index (Phi) is 2.74. The van der Waals surface area contributed by atoms with Crippen molar-refractivity contribution in [1.29, 1.82) is 0 Å². The fraction of sp³-hybridized carbons (Fsp3) is 0.100. The fourth-order valence-electron chi connectivity index (χ4n) is 1.21. The lowest BCUT2D eigenvalue weighted by Crippen LogP contribution is -2.04. The van der Waals surface area contributed by atoms with Crippen LogP contribution in [-0.2, 0) is 6.18 Å². The molecule has 0 spiro atoms. The Hall–Kier alpha value is -1.69. The van der Waals surface area contributed by atoms with Gasteiger partial charge in [-0.25, -0.2) is 4.98 Å². The lowest BCUT2D eigenvalue weighted by molar-refractivity contribution is -0.157. The minimum absolute atomic E-state index is 0.0238. The van der Waals surface area contributed by atoms with E-state index < -0.39 is 12.1 Å². The molecule has 0 aliphatic rings. The van der Waals surface area contributed by atoms with Crippen LogP contribution in [0.4, 0.5) is 13.2 Å². The number of aromatic hydroxyl groups is 1. The number of benzene rings is 1. The molecule has 0 amide bonds. The van der Waals surface area contributed by atoms with Gasteiger partial charge in [0.05, 0.1) is 5.02 Å². The molecule has 3 nitrogen and oxygen atoms in total. The maximum atomic E-state index is 12.2. The molecule has 0 bridgehead atoms. The number of alkyl halides is 3. The van der Waals surface area contributed by atoms with Gasteiger partial charge in [-0.2, -0.15) is 13.2 Å². The van der Waals surface area contributed by atoms with Crippen molar-refractivity contribution in [2.75, 3.05) is 0 Å². The number of hydrogen-bond acceptors (Lipinski definition) is 3. The van der Waals surface area contributed by atoms with Crippen molar-refractivity contribution in [3.8, 4) is 17.0 Å². The van der Waals surface area contributed by atoms with Gasteiger partial charge >= 0.3 is 12.1 Å². The summed E-state index contributed by atoms with van der Waals surface area (Å²) in [7, 11) is 0. The molecule has 0 atom stereocenters. The van der Waals surface area contributed by atoms with E-state index in [4.69, 9.17) is 11.6 Å². The molecule has 0 fully saturated rings. The van der Waals surface area contributed by atoms with Gasteiger partial charge in [0.1, 0.15) is 17.7 Å². The highest BCUT2D eigenvalue weighted by atomic mass is 35.5. The molecule has 2 rings (SSSR count). The molecule has 0 saturated heterocycles. The molecule has 0 saturated carbocycles. The van der Waals surface area contributed by atoms with Gasteiger partial charge in [0.2, 0.25) is 0 Å². The van der Waals surface area contributed by atoms with Gasteiger partial charge in [-0.3, -0.25) is 0 Å². The van der Waals surface area contributed by atoms with Gasteiger partial charge in [0, 0.05) is 5.56 Å². The van der Waals surface area contributed by atoms with Crippen LogP contribution in [0.1, 0.15) is 5.89 Å². The van der Waals surface area contributed by atoms with Crippen LogP contribution in [0.5, 0.6) is 5.75 Å². The number of rotatable bonds is 1. The van der Waals surface area contributed by atoms with E-state index in [1.807, 2.05) is 0 Å². The minimum atomic E-state index is -4.63. The molecule has 0 unspecified atom stereocenters. The summed E-state index contributed by atoms with van der Waals surface area (Å²) in [6, 6.07) is 3.99. The molecule has 0 aliphatic heterocycles. The Labute approximate surface area is 98.5 Å². The van der Waals surface area contributed by atoms with Crippen molar-refractivity contribution in [3.63, 3.8) is 0 Å². The van der Waals surface area contributed by atoms with Crippen molar-refractivity contribution in [3.05, 3.63) is 35.4 Å². The number of nitrogens with zero attached hydrogens (tertiary/aromatic N) is 1. The first-order valence-electron chi connectivity index (χ1n) is 4.39. The van der Waals surface area contributed by atoms with Crippen LogP contribution in [0.3, 0.4) is 0 Å². The van der Waals surface area contributed by atoms with Crippen LogP contribution in [-0.4, -0.2) is 10.1 Å². The van der Waals surface area contributed by atoms with Crippen LogP contribution < -0.4 is 0 Å². The monoisotopic (exact) mass is 263 g/mol. The van der Waals surface area contributed by atoms with Crippen LogP contribution >= 0.6 is 11.6 Å². The second-order valence-corrected chi connectivity index (χ2v) is 3.61. The Bertz CT molecular complexity index is 551. The van der Waals surface area contributed by atoms with Crippen molar-refractivity contribution >= 4 is 11.6 Å². The predicted molar refractivity (Wildman–Crippen MR) is 53.6 cm³/mol. The summed E-state index contributed by atoms with van der Waals surface area (Å²) in [4.78, 5) is 3.28. The molecule has 7 heteroatoms. The second kappa shape index (κ2) is 3.96. The first kappa shape index (κ1) is 11.8. The van der Waals surface area contributed by atoms with E-state index in [0.29, 0.717) is 0 Å². The Morgan fingerprint density at radius 1 is 1.29 bits per heavy atom. The highest BCUT2D eigenvalue weighted by molar-refractivity contribution is 6.32. The maximum Gasteiger partial charge on any atom is 0.468 e. The average Bonchev–Trinajstić information content (AvgIpc) is 2.70. The number of phenols is 1. The number of hydrogen-bond donors (Lipinski definition) is 1. The zero-order valence-electron chi connectivity index (χ0n) is 8.12. The maximum absolute atomic E-state index is 12.2. The third kappa shape index (κ3) is 2.36. The minimum Gasteiger partial charge on any atom is -0.506 e. The third-order valence-electron chi connectivity index (χ3n) is 1.99. The van der Waals surface area contributed by atoms with Crippen molar-refractivity contribution in [2.45, 2.75) is 6.18 Å². The number of phenolic OH excluding ortho intramolecular Hbond substituents is 1. The standard InChI is InChI=1S/C10H5ClF3NO2/c11-6-2-1-5(3-8(6)16)7-4-17-9(15-7)10(12,13)14/h1-4,16H. The van der Waals surface area contributed by atoms with E-state index >= 15 is 0 Å². The largest absolute Gasteiger partial charge is 0.506 e. The third-order valence-corrected chi connectivity index (χ3v) is 2.31. The van der Waals surface area contributed by atoms with E-state index in [2.05, 4.69) is 9.40 Å². The molecule has 0 radical (unpaired) electrons. The Morgan fingerprint density at radius 3 is 2.53 bits per heavy atom. The summed E-state index contributed by atoms with van der Waals surface area (Å²) in [6.45, 7) is 0. The zero-order valence-corrected chi connectivity index (χ0v) is 8.88. The van der Waals surface area contributed by atoms with Gasteiger partial charge in [-0.05, 0) is 12.1 Å². The first-order chi connectivity index (χ1) is 7.88. The van der Waals surface area contributed by atoms with Crippen LogP contribution in [0.25, 0.3) is 11.3 Å². The summed E-state index contributed by atoms with van der Waals surface area (Å²) in [5.41, 5.74) is 0.260. The van der Waals surface area contributed by atoms with Gasteiger partial charge in [-0.1, -0.05) is 17.7 Å². The summed E-state index contributed by atoms with van der Waals surface area (Å²) in [5.74, 6) is -1.57.